The maximum atomic E-state index is 13.6. The van der Waals surface area contributed by atoms with E-state index in [4.69, 9.17) is 9.47 Å². The number of amides is 1. The highest BCUT2D eigenvalue weighted by Crippen LogP contribution is 2.35. The monoisotopic (exact) mass is 341 g/mol. The summed E-state index contributed by atoms with van der Waals surface area (Å²) in [5.41, 5.74) is 2.00. The Morgan fingerprint density at radius 3 is 2.96 bits per heavy atom. The number of ether oxygens (including phenoxy) is 2. The third-order valence-corrected chi connectivity index (χ3v) is 3.87. The highest BCUT2D eigenvalue weighted by Gasteiger charge is 2.21. The number of benzene rings is 2. The molecule has 2 aromatic rings. The third-order valence-electron chi connectivity index (χ3n) is 3.87. The summed E-state index contributed by atoms with van der Waals surface area (Å²) in [4.78, 5) is 12.1. The van der Waals surface area contributed by atoms with Crippen molar-refractivity contribution in [1.29, 1.82) is 0 Å². The zero-order chi connectivity index (χ0) is 17.8. The van der Waals surface area contributed by atoms with Crippen molar-refractivity contribution in [2.75, 3.05) is 11.9 Å². The average Bonchev–Trinajstić information content (AvgIpc) is 2.94. The first-order valence-electron chi connectivity index (χ1n) is 8.26. The van der Waals surface area contributed by atoms with Crippen molar-refractivity contribution >= 4 is 17.7 Å². The molecule has 0 saturated carbocycles. The van der Waals surface area contributed by atoms with Crippen molar-refractivity contribution in [2.45, 2.75) is 26.4 Å². The Morgan fingerprint density at radius 1 is 1.40 bits per heavy atom. The number of nitrogens with one attached hydrogen (secondary N) is 1. The summed E-state index contributed by atoms with van der Waals surface area (Å²) in [7, 11) is 0. The van der Waals surface area contributed by atoms with Gasteiger partial charge in [0.05, 0.1) is 12.3 Å². The predicted molar refractivity (Wildman–Crippen MR) is 95.5 cm³/mol. The molecule has 1 heterocycles. The summed E-state index contributed by atoms with van der Waals surface area (Å²) in [6.45, 7) is 4.44. The zero-order valence-corrected chi connectivity index (χ0v) is 14.2. The average molecular weight is 341 g/mol. The molecule has 0 unspecified atom stereocenters. The van der Waals surface area contributed by atoms with Crippen LogP contribution in [0.3, 0.4) is 0 Å². The molecule has 1 atom stereocenters. The van der Waals surface area contributed by atoms with E-state index in [1.54, 1.807) is 18.2 Å². The molecule has 0 saturated heterocycles. The SMILES string of the molecule is CCOc1cc2c(cc1/C=C/C(=O)Nc1ccccc1F)O[C@H](C)C2. The molecule has 0 bridgehead atoms. The van der Waals surface area contributed by atoms with Gasteiger partial charge in [-0.05, 0) is 44.2 Å². The van der Waals surface area contributed by atoms with Gasteiger partial charge in [0, 0.05) is 23.6 Å². The van der Waals surface area contributed by atoms with E-state index < -0.39 is 11.7 Å². The van der Waals surface area contributed by atoms with Crippen LogP contribution in [0.1, 0.15) is 25.0 Å². The van der Waals surface area contributed by atoms with E-state index in [0.29, 0.717) is 12.4 Å². The Morgan fingerprint density at radius 2 is 2.20 bits per heavy atom. The number of rotatable bonds is 5. The first-order valence-corrected chi connectivity index (χ1v) is 8.26. The van der Waals surface area contributed by atoms with Crippen LogP contribution in [0.4, 0.5) is 10.1 Å². The van der Waals surface area contributed by atoms with Crippen molar-refractivity contribution in [2.24, 2.45) is 0 Å². The third kappa shape index (κ3) is 3.99. The van der Waals surface area contributed by atoms with Crippen molar-refractivity contribution in [3.05, 3.63) is 59.4 Å². The molecule has 0 spiro atoms. The molecule has 3 rings (SSSR count). The van der Waals surface area contributed by atoms with E-state index in [1.807, 2.05) is 26.0 Å². The van der Waals surface area contributed by atoms with E-state index in [-0.39, 0.29) is 11.8 Å². The minimum atomic E-state index is -0.473. The molecular formula is C20H20FNO3. The molecule has 0 fully saturated rings. The highest BCUT2D eigenvalue weighted by molar-refractivity contribution is 6.02. The van der Waals surface area contributed by atoms with Crippen molar-refractivity contribution in [3.8, 4) is 11.5 Å². The van der Waals surface area contributed by atoms with Gasteiger partial charge in [-0.15, -0.1) is 0 Å². The normalized spacial score (nSPS) is 15.7. The van der Waals surface area contributed by atoms with E-state index in [0.717, 1.165) is 23.3 Å². The van der Waals surface area contributed by atoms with Gasteiger partial charge in [-0.2, -0.15) is 0 Å². The van der Waals surface area contributed by atoms with E-state index in [9.17, 15) is 9.18 Å². The lowest BCUT2D eigenvalue weighted by Crippen LogP contribution is -2.09. The molecule has 2 aromatic carbocycles. The molecule has 1 amide bonds. The van der Waals surface area contributed by atoms with Crippen molar-refractivity contribution in [3.63, 3.8) is 0 Å². The number of hydrogen-bond donors (Lipinski definition) is 1. The molecule has 1 aliphatic heterocycles. The van der Waals surface area contributed by atoms with Gasteiger partial charge in [0.2, 0.25) is 5.91 Å². The van der Waals surface area contributed by atoms with Crippen LogP contribution in [-0.4, -0.2) is 18.6 Å². The topological polar surface area (TPSA) is 47.6 Å². The Bertz CT molecular complexity index is 817. The minimum Gasteiger partial charge on any atom is -0.493 e. The molecule has 0 radical (unpaired) electrons. The van der Waals surface area contributed by atoms with Crippen LogP contribution in [0.2, 0.25) is 0 Å². The second-order valence-corrected chi connectivity index (χ2v) is 5.87. The first-order chi connectivity index (χ1) is 12.1. The lowest BCUT2D eigenvalue weighted by Gasteiger charge is -2.10. The largest absolute Gasteiger partial charge is 0.493 e. The van der Waals surface area contributed by atoms with Crippen LogP contribution in [-0.2, 0) is 11.2 Å². The maximum absolute atomic E-state index is 13.6. The summed E-state index contributed by atoms with van der Waals surface area (Å²) in [5.74, 6) is 0.625. The minimum absolute atomic E-state index is 0.132. The lowest BCUT2D eigenvalue weighted by molar-refractivity contribution is -0.111. The number of fused-ring (bicyclic) bond motifs is 1. The Labute approximate surface area is 146 Å². The number of anilines is 1. The number of hydrogen-bond acceptors (Lipinski definition) is 3. The van der Waals surface area contributed by atoms with Crippen LogP contribution < -0.4 is 14.8 Å². The van der Waals surface area contributed by atoms with Gasteiger partial charge in [0.25, 0.3) is 0 Å². The van der Waals surface area contributed by atoms with Gasteiger partial charge < -0.3 is 14.8 Å². The van der Waals surface area contributed by atoms with E-state index in [2.05, 4.69) is 5.32 Å². The highest BCUT2D eigenvalue weighted by atomic mass is 19.1. The van der Waals surface area contributed by atoms with E-state index in [1.165, 1.54) is 18.2 Å². The van der Waals surface area contributed by atoms with Crippen LogP contribution in [0.15, 0.2) is 42.5 Å². The molecule has 5 heteroatoms. The molecule has 25 heavy (non-hydrogen) atoms. The summed E-state index contributed by atoms with van der Waals surface area (Å²) < 4.78 is 25.0. The molecular weight excluding hydrogens is 321 g/mol. The second-order valence-electron chi connectivity index (χ2n) is 5.87. The Balaban J connectivity index is 1.79. The molecule has 1 aliphatic rings. The molecule has 130 valence electrons. The van der Waals surface area contributed by atoms with Crippen LogP contribution in [0, 0.1) is 5.82 Å². The van der Waals surface area contributed by atoms with Gasteiger partial charge >= 0.3 is 0 Å². The lowest BCUT2D eigenvalue weighted by atomic mass is 10.1. The molecule has 0 aromatic heterocycles. The number of carbonyl (C=O) groups is 1. The number of carbonyl (C=O) groups excluding carboxylic acids is 1. The van der Waals surface area contributed by atoms with Gasteiger partial charge in [-0.1, -0.05) is 12.1 Å². The Hall–Kier alpha value is -2.82. The second kappa shape index (κ2) is 7.38. The fraction of sp³-hybridized carbons (Fsp3) is 0.250. The zero-order valence-electron chi connectivity index (χ0n) is 14.2. The van der Waals surface area contributed by atoms with Crippen molar-refractivity contribution in [1.82, 2.24) is 0 Å². The van der Waals surface area contributed by atoms with Crippen LogP contribution >= 0.6 is 0 Å². The fourth-order valence-electron chi connectivity index (χ4n) is 2.77. The van der Waals surface area contributed by atoms with Crippen LogP contribution in [0.25, 0.3) is 6.08 Å². The van der Waals surface area contributed by atoms with E-state index >= 15 is 0 Å². The van der Waals surface area contributed by atoms with Gasteiger partial charge in [0.15, 0.2) is 0 Å². The first kappa shape index (κ1) is 17.0. The molecule has 1 N–H and O–H groups in total. The summed E-state index contributed by atoms with van der Waals surface area (Å²) in [6, 6.07) is 9.87. The molecule has 4 nitrogen and oxygen atoms in total. The quantitative estimate of drug-likeness (QED) is 0.829. The number of para-hydroxylation sites is 1. The standard InChI is InChI=1S/C20H20FNO3/c1-3-24-18-12-15-10-13(2)25-19(15)11-14(18)8-9-20(23)22-17-7-5-4-6-16(17)21/h4-9,11-13H,3,10H2,1-2H3,(H,22,23)/b9-8+/t13-/m1/s1. The summed E-state index contributed by atoms with van der Waals surface area (Å²) in [6.07, 6.45) is 3.98. The van der Waals surface area contributed by atoms with Gasteiger partial charge in [-0.25, -0.2) is 4.39 Å². The van der Waals surface area contributed by atoms with Gasteiger partial charge in [-0.3, -0.25) is 4.79 Å². The molecule has 0 aliphatic carbocycles. The maximum Gasteiger partial charge on any atom is 0.248 e. The van der Waals surface area contributed by atoms with Crippen LogP contribution in [0.5, 0.6) is 11.5 Å². The van der Waals surface area contributed by atoms with Gasteiger partial charge in [0.1, 0.15) is 23.4 Å². The predicted octanol–water partition coefficient (Wildman–Crippen LogP) is 4.20. The van der Waals surface area contributed by atoms with Crippen molar-refractivity contribution < 1.29 is 18.7 Å². The summed E-state index contributed by atoms with van der Waals surface area (Å²) in [5, 5.41) is 2.52. The number of halogens is 1. The smallest absolute Gasteiger partial charge is 0.248 e. The fourth-order valence-corrected chi connectivity index (χ4v) is 2.77. The summed E-state index contributed by atoms with van der Waals surface area (Å²) >= 11 is 0. The Kier molecular flexibility index (Phi) is 5.03.